The summed E-state index contributed by atoms with van der Waals surface area (Å²) in [6.45, 7) is 3.09. The summed E-state index contributed by atoms with van der Waals surface area (Å²) in [6.07, 6.45) is -4.22. The molecule has 2 amide bonds. The first-order valence-electron chi connectivity index (χ1n) is 12.0. The fraction of sp³-hybridized carbons (Fsp3) is 0.864. The minimum absolute atomic E-state index is 0.0389. The maximum Gasteiger partial charge on any atom is 0.305 e. The Morgan fingerprint density at radius 2 is 1.49 bits per heavy atom. The molecule has 1 aliphatic heterocycles. The smallest absolute Gasteiger partial charge is 0.305 e. The van der Waals surface area contributed by atoms with Crippen molar-refractivity contribution in [2.75, 3.05) is 79.7 Å². The van der Waals surface area contributed by atoms with Crippen LogP contribution in [-0.2, 0) is 47.5 Å². The van der Waals surface area contributed by atoms with E-state index < -0.39 is 61.6 Å². The van der Waals surface area contributed by atoms with Crippen LogP contribution in [-0.4, -0.2) is 143 Å². The Morgan fingerprint density at radius 3 is 2.00 bits per heavy atom. The normalized spacial score (nSPS) is 23.5. The molecule has 5 unspecified atom stereocenters. The molecule has 1 rings (SSSR count). The number of carbonyl (C=O) groups excluding carboxylic acids is 2. The van der Waals surface area contributed by atoms with Gasteiger partial charge in [-0.05, 0) is 0 Å². The highest BCUT2D eigenvalue weighted by atomic mass is 16.7. The van der Waals surface area contributed by atoms with E-state index in [0.29, 0.717) is 39.6 Å². The molecule has 0 spiro atoms. The van der Waals surface area contributed by atoms with Gasteiger partial charge in [0.2, 0.25) is 11.8 Å². The van der Waals surface area contributed by atoms with E-state index in [4.69, 9.17) is 38.3 Å². The van der Waals surface area contributed by atoms with Crippen molar-refractivity contribution in [1.82, 2.24) is 10.6 Å². The summed E-state index contributed by atoms with van der Waals surface area (Å²) in [7, 11) is 1.34. The van der Waals surface area contributed by atoms with Crippen LogP contribution >= 0.6 is 0 Å². The summed E-state index contributed by atoms with van der Waals surface area (Å²) in [5, 5.41) is 33.6. The number of carboxylic acids is 1. The van der Waals surface area contributed by atoms with Crippen LogP contribution < -0.4 is 10.6 Å². The van der Waals surface area contributed by atoms with Crippen molar-refractivity contribution < 1.29 is 62.9 Å². The van der Waals surface area contributed by atoms with E-state index in [1.165, 1.54) is 14.0 Å². The lowest BCUT2D eigenvalue weighted by Gasteiger charge is -2.43. The second kappa shape index (κ2) is 20.1. The number of hydrogen-bond donors (Lipinski definition) is 5. The zero-order chi connectivity index (χ0) is 27.5. The lowest BCUT2D eigenvalue weighted by Crippen LogP contribution is -2.65. The number of aliphatic hydroxyl groups excluding tert-OH is 2. The summed E-state index contributed by atoms with van der Waals surface area (Å²) in [5.41, 5.74) is 0. The molecule has 15 heteroatoms. The Balaban J connectivity index is 2.10. The van der Waals surface area contributed by atoms with Crippen molar-refractivity contribution in [2.24, 2.45) is 0 Å². The van der Waals surface area contributed by atoms with Gasteiger partial charge in [-0.1, -0.05) is 0 Å². The van der Waals surface area contributed by atoms with Gasteiger partial charge >= 0.3 is 5.97 Å². The second-order valence-electron chi connectivity index (χ2n) is 7.90. The molecule has 0 aliphatic carbocycles. The van der Waals surface area contributed by atoms with Crippen molar-refractivity contribution in [1.29, 1.82) is 0 Å². The van der Waals surface area contributed by atoms with Crippen molar-refractivity contribution in [3.63, 3.8) is 0 Å². The zero-order valence-electron chi connectivity index (χ0n) is 21.3. The summed E-state index contributed by atoms with van der Waals surface area (Å²) in [5.74, 6) is -1.80. The summed E-state index contributed by atoms with van der Waals surface area (Å²) < 4.78 is 37.3. The molecule has 1 saturated heterocycles. The van der Waals surface area contributed by atoms with E-state index in [1.807, 2.05) is 0 Å². The van der Waals surface area contributed by atoms with Gasteiger partial charge in [0.05, 0.1) is 65.9 Å². The Hall–Kier alpha value is -1.95. The van der Waals surface area contributed by atoms with E-state index >= 15 is 0 Å². The second-order valence-corrected chi connectivity index (χ2v) is 7.90. The van der Waals surface area contributed by atoms with Crippen LogP contribution in [0.2, 0.25) is 0 Å². The molecule has 216 valence electrons. The Kier molecular flexibility index (Phi) is 17.9. The van der Waals surface area contributed by atoms with E-state index in [-0.39, 0.29) is 26.2 Å². The van der Waals surface area contributed by atoms with Gasteiger partial charge < -0.3 is 59.1 Å². The number of hydrogen-bond acceptors (Lipinski definition) is 12. The first-order chi connectivity index (χ1) is 17.8. The molecule has 0 bridgehead atoms. The standard InChI is InChI=1S/C22H40N2O13/c1-15(26)24-19-20(30)21(31-2)16(13-25)37-22(19)36-14-17(27)23-4-6-33-8-10-35-12-11-34-9-7-32-5-3-18(28)29/h16,19-22,25,30H,3-14H2,1-2H3,(H,23,27)(H,24,26)(H,28,29). The maximum absolute atomic E-state index is 12.1. The molecule has 0 radical (unpaired) electrons. The fourth-order valence-corrected chi connectivity index (χ4v) is 3.28. The number of carbonyl (C=O) groups is 3. The molecule has 0 saturated carbocycles. The molecule has 1 fully saturated rings. The van der Waals surface area contributed by atoms with E-state index in [2.05, 4.69) is 10.6 Å². The molecular weight excluding hydrogens is 500 g/mol. The Bertz CT molecular complexity index is 654. The zero-order valence-corrected chi connectivity index (χ0v) is 21.3. The Labute approximate surface area is 215 Å². The Morgan fingerprint density at radius 1 is 0.919 bits per heavy atom. The minimum atomic E-state index is -1.22. The van der Waals surface area contributed by atoms with Crippen molar-refractivity contribution in [3.8, 4) is 0 Å². The maximum atomic E-state index is 12.1. The van der Waals surface area contributed by atoms with Crippen LogP contribution in [0.25, 0.3) is 0 Å². The summed E-state index contributed by atoms with van der Waals surface area (Å²) in [4.78, 5) is 33.9. The molecule has 0 aromatic carbocycles. The molecule has 5 atom stereocenters. The highest BCUT2D eigenvalue weighted by molar-refractivity contribution is 5.77. The quantitative estimate of drug-likeness (QED) is 0.0940. The molecule has 15 nitrogen and oxygen atoms in total. The largest absolute Gasteiger partial charge is 0.481 e. The van der Waals surface area contributed by atoms with Gasteiger partial charge in [-0.2, -0.15) is 0 Å². The lowest BCUT2D eigenvalue weighted by atomic mass is 9.96. The van der Waals surface area contributed by atoms with Gasteiger partial charge in [-0.3, -0.25) is 14.4 Å². The van der Waals surface area contributed by atoms with Gasteiger partial charge in [-0.25, -0.2) is 0 Å². The van der Waals surface area contributed by atoms with Gasteiger partial charge in [-0.15, -0.1) is 0 Å². The summed E-state index contributed by atoms with van der Waals surface area (Å²) >= 11 is 0. The average Bonchev–Trinajstić information content (AvgIpc) is 2.86. The number of aliphatic hydroxyl groups is 2. The predicted molar refractivity (Wildman–Crippen MR) is 125 cm³/mol. The van der Waals surface area contributed by atoms with Crippen LogP contribution in [0.15, 0.2) is 0 Å². The van der Waals surface area contributed by atoms with Gasteiger partial charge in [0, 0.05) is 20.6 Å². The first-order valence-corrected chi connectivity index (χ1v) is 12.0. The summed E-state index contributed by atoms with van der Waals surface area (Å²) in [6, 6.07) is -0.996. The number of nitrogens with one attached hydrogen (secondary N) is 2. The number of ether oxygens (including phenoxy) is 7. The van der Waals surface area contributed by atoms with E-state index in [0.717, 1.165) is 0 Å². The van der Waals surface area contributed by atoms with Gasteiger partial charge in [0.1, 0.15) is 31.0 Å². The van der Waals surface area contributed by atoms with Crippen LogP contribution in [0.5, 0.6) is 0 Å². The van der Waals surface area contributed by atoms with Crippen molar-refractivity contribution in [3.05, 3.63) is 0 Å². The number of amides is 2. The number of carboxylic acid groups (broad SMARTS) is 1. The fourth-order valence-electron chi connectivity index (χ4n) is 3.28. The van der Waals surface area contributed by atoms with Gasteiger partial charge in [0.25, 0.3) is 0 Å². The van der Waals surface area contributed by atoms with Crippen molar-refractivity contribution in [2.45, 2.75) is 44.0 Å². The number of methoxy groups -OCH3 is 1. The number of rotatable bonds is 21. The van der Waals surface area contributed by atoms with Crippen LogP contribution in [0.4, 0.5) is 0 Å². The van der Waals surface area contributed by atoms with E-state index in [1.54, 1.807) is 0 Å². The molecule has 5 N–H and O–H groups in total. The topological polar surface area (TPSA) is 201 Å². The molecule has 1 heterocycles. The lowest BCUT2D eigenvalue weighted by molar-refractivity contribution is -0.272. The molecular formula is C22H40N2O13. The van der Waals surface area contributed by atoms with Crippen LogP contribution in [0.3, 0.4) is 0 Å². The third kappa shape index (κ3) is 14.5. The minimum Gasteiger partial charge on any atom is -0.481 e. The predicted octanol–water partition coefficient (Wildman–Crippen LogP) is -2.74. The third-order valence-electron chi connectivity index (χ3n) is 5.02. The van der Waals surface area contributed by atoms with Crippen LogP contribution in [0, 0.1) is 0 Å². The van der Waals surface area contributed by atoms with Crippen molar-refractivity contribution >= 4 is 17.8 Å². The molecule has 0 aromatic rings. The highest BCUT2D eigenvalue weighted by Crippen LogP contribution is 2.24. The highest BCUT2D eigenvalue weighted by Gasteiger charge is 2.46. The molecule has 0 aromatic heterocycles. The first kappa shape index (κ1) is 33.1. The van der Waals surface area contributed by atoms with Crippen LogP contribution in [0.1, 0.15) is 13.3 Å². The molecule has 37 heavy (non-hydrogen) atoms. The molecule has 1 aliphatic rings. The third-order valence-corrected chi connectivity index (χ3v) is 5.02. The monoisotopic (exact) mass is 540 g/mol. The number of aliphatic carboxylic acids is 1. The average molecular weight is 541 g/mol. The SMILES string of the molecule is COC1C(CO)OC(OCC(=O)NCCOCCOCCOCCOCCC(=O)O)C(NC(C)=O)C1O. The van der Waals surface area contributed by atoms with Gasteiger partial charge in [0.15, 0.2) is 6.29 Å². The van der Waals surface area contributed by atoms with E-state index in [9.17, 15) is 24.6 Å².